The molecule has 0 saturated heterocycles. The summed E-state index contributed by atoms with van der Waals surface area (Å²) in [4.78, 5) is 35.6. The standard InChI is InChI=1S/C2H8N2.4C2H3O2.Co/c3-1-2-4;4*1-2(3)4;/h1-4H2;4*1H2,(H,3,4);/q;4*-1;. The molecule has 0 saturated carbocycles. The quantitative estimate of drug-likeness (QED) is 0.301. The third-order valence-corrected chi connectivity index (χ3v) is 0.167. The first-order valence-corrected chi connectivity index (χ1v) is 4.44. The van der Waals surface area contributed by atoms with Gasteiger partial charge in [-0.25, -0.2) is 0 Å². The number of hydrogen-bond acceptors (Lipinski definition) is 6. The van der Waals surface area contributed by atoms with Crippen LogP contribution in [0.5, 0.6) is 0 Å². The molecule has 10 nitrogen and oxygen atoms in total. The van der Waals surface area contributed by atoms with E-state index in [1.807, 2.05) is 0 Å². The molecule has 0 aliphatic carbocycles. The van der Waals surface area contributed by atoms with Crippen LogP contribution in [0.3, 0.4) is 0 Å². The first-order chi connectivity index (χ1) is 8.84. The van der Waals surface area contributed by atoms with E-state index < -0.39 is 23.9 Å². The first kappa shape index (κ1) is 36.4. The van der Waals surface area contributed by atoms with E-state index in [2.05, 4.69) is 27.7 Å². The molecule has 0 aliphatic rings. The normalized spacial score (nSPS) is 6.00. The molecule has 0 aromatic rings. The average Bonchev–Trinajstić information content (AvgIpc) is 2.13. The molecular formula is C10H20CoN2O8-4. The van der Waals surface area contributed by atoms with Crippen molar-refractivity contribution in [3.8, 4) is 0 Å². The molecule has 0 rings (SSSR count). The second kappa shape index (κ2) is 36.1. The molecule has 131 valence electrons. The van der Waals surface area contributed by atoms with Crippen LogP contribution in [0.2, 0.25) is 0 Å². The summed E-state index contributed by atoms with van der Waals surface area (Å²) in [5.41, 5.74) is 9.81. The monoisotopic (exact) mass is 355 g/mol. The Kier molecular flexibility index (Phi) is 62.5. The Bertz CT molecular complexity index is 195. The van der Waals surface area contributed by atoms with Crippen molar-refractivity contribution in [2.24, 2.45) is 11.5 Å². The van der Waals surface area contributed by atoms with Gasteiger partial charge in [0, 0.05) is 29.9 Å². The first-order valence-electron chi connectivity index (χ1n) is 4.44. The molecule has 0 aliphatic heterocycles. The van der Waals surface area contributed by atoms with E-state index in [0.717, 1.165) is 0 Å². The Balaban J connectivity index is -0.0000000331. The molecule has 0 atom stereocenters. The van der Waals surface area contributed by atoms with Gasteiger partial charge in [-0.2, -0.15) is 0 Å². The van der Waals surface area contributed by atoms with E-state index in [1.54, 1.807) is 0 Å². The third-order valence-electron chi connectivity index (χ3n) is 0.167. The summed E-state index contributed by atoms with van der Waals surface area (Å²) in [6.45, 7) is 11.4. The maximum absolute atomic E-state index is 8.89. The van der Waals surface area contributed by atoms with Crippen molar-refractivity contribution in [2.45, 2.75) is 0 Å². The molecular weight excluding hydrogens is 335 g/mol. The van der Waals surface area contributed by atoms with Gasteiger partial charge in [-0.15, -0.1) is 0 Å². The maximum atomic E-state index is 8.89. The Morgan fingerprint density at radius 1 is 0.619 bits per heavy atom. The molecule has 0 unspecified atom stereocenters. The SMILES string of the molecule is NCCN.[CH2-]C(=O)O.[CH2-]C(=O)O.[CH2-]C(=O)O.[CH2-]C(=O)O.[Co]. The Morgan fingerprint density at radius 3 is 0.667 bits per heavy atom. The number of carbonyl (C=O) groups is 4. The van der Waals surface area contributed by atoms with Gasteiger partial charge in [0.15, 0.2) is 23.9 Å². The summed E-state index contributed by atoms with van der Waals surface area (Å²) in [5.74, 6) is -4.33. The molecule has 0 heterocycles. The van der Waals surface area contributed by atoms with Gasteiger partial charge in [-0.3, -0.25) is 46.9 Å². The number of nitrogens with two attached hydrogens (primary N) is 2. The zero-order chi connectivity index (χ0) is 17.7. The minimum absolute atomic E-state index is 0. The minimum atomic E-state index is -1.08. The molecule has 21 heavy (non-hydrogen) atoms. The van der Waals surface area contributed by atoms with Gasteiger partial charge in [-0.1, -0.05) is 0 Å². The molecule has 0 amide bonds. The van der Waals surface area contributed by atoms with Gasteiger partial charge in [-0.05, 0) is 0 Å². The second-order valence-electron chi connectivity index (χ2n) is 2.15. The van der Waals surface area contributed by atoms with Crippen LogP contribution >= 0.6 is 0 Å². The zero-order valence-electron chi connectivity index (χ0n) is 11.2. The molecule has 1 radical (unpaired) electrons. The Hall–Kier alpha value is -2.21. The summed E-state index contributed by atoms with van der Waals surface area (Å²) < 4.78 is 0. The summed E-state index contributed by atoms with van der Waals surface area (Å²) in [5, 5.41) is 29.2. The van der Waals surface area contributed by atoms with E-state index in [0.29, 0.717) is 13.1 Å². The number of hydrogen-bond donors (Lipinski definition) is 6. The summed E-state index contributed by atoms with van der Waals surface area (Å²) >= 11 is 0. The van der Waals surface area contributed by atoms with Crippen molar-refractivity contribution in [3.63, 3.8) is 0 Å². The Morgan fingerprint density at radius 2 is 0.667 bits per heavy atom. The Labute approximate surface area is 133 Å². The van der Waals surface area contributed by atoms with E-state index in [4.69, 9.17) is 51.1 Å². The average molecular weight is 355 g/mol. The fraction of sp³-hybridized carbons (Fsp3) is 0.200. The van der Waals surface area contributed by atoms with Gasteiger partial charge in [0.05, 0.1) is 0 Å². The van der Waals surface area contributed by atoms with E-state index in [-0.39, 0.29) is 16.8 Å². The van der Waals surface area contributed by atoms with Crippen LogP contribution in [0.1, 0.15) is 0 Å². The predicted octanol–water partition coefficient (Wildman–Crippen LogP) is -1.48. The van der Waals surface area contributed by atoms with Crippen LogP contribution in [-0.2, 0) is 36.0 Å². The van der Waals surface area contributed by atoms with Gasteiger partial charge < -0.3 is 31.9 Å². The topological polar surface area (TPSA) is 201 Å². The molecule has 0 fully saturated rings. The number of carboxylic acid groups (broad SMARTS) is 4. The summed E-state index contributed by atoms with van der Waals surface area (Å²) in [6, 6.07) is 0. The van der Waals surface area contributed by atoms with Crippen LogP contribution < -0.4 is 11.5 Å². The number of aliphatic carboxylic acids is 4. The van der Waals surface area contributed by atoms with Gasteiger partial charge >= 0.3 is 0 Å². The zero-order valence-corrected chi connectivity index (χ0v) is 12.2. The number of rotatable bonds is 1. The molecule has 0 bridgehead atoms. The van der Waals surface area contributed by atoms with E-state index in [9.17, 15) is 0 Å². The fourth-order valence-corrected chi connectivity index (χ4v) is 0. The smallest absolute Gasteiger partial charge is 0.161 e. The van der Waals surface area contributed by atoms with Crippen LogP contribution in [0.25, 0.3) is 0 Å². The van der Waals surface area contributed by atoms with Crippen molar-refractivity contribution in [1.82, 2.24) is 0 Å². The second-order valence-corrected chi connectivity index (χ2v) is 2.15. The largest absolute Gasteiger partial charge is 0.503 e. The fourth-order valence-electron chi connectivity index (χ4n) is 0. The van der Waals surface area contributed by atoms with Gasteiger partial charge in [0.2, 0.25) is 0 Å². The van der Waals surface area contributed by atoms with Crippen molar-refractivity contribution in [2.75, 3.05) is 13.1 Å². The van der Waals surface area contributed by atoms with E-state index >= 15 is 0 Å². The third kappa shape index (κ3) is 3010. The molecule has 8 N–H and O–H groups in total. The molecule has 0 aromatic heterocycles. The molecule has 0 spiro atoms. The summed E-state index contributed by atoms with van der Waals surface area (Å²) in [6.07, 6.45) is 0. The molecule has 11 heteroatoms. The van der Waals surface area contributed by atoms with Crippen LogP contribution in [0.15, 0.2) is 0 Å². The van der Waals surface area contributed by atoms with Crippen LogP contribution in [0.4, 0.5) is 0 Å². The van der Waals surface area contributed by atoms with Gasteiger partial charge in [0.1, 0.15) is 0 Å². The maximum Gasteiger partial charge on any atom is 0.161 e. The van der Waals surface area contributed by atoms with Gasteiger partial charge in [0.25, 0.3) is 0 Å². The van der Waals surface area contributed by atoms with Crippen LogP contribution in [0, 0.1) is 27.7 Å². The van der Waals surface area contributed by atoms with Crippen molar-refractivity contribution in [3.05, 3.63) is 27.7 Å². The van der Waals surface area contributed by atoms with Crippen molar-refractivity contribution < 1.29 is 56.4 Å². The summed E-state index contributed by atoms with van der Waals surface area (Å²) in [7, 11) is 0. The number of carboxylic acids is 4. The van der Waals surface area contributed by atoms with Crippen molar-refractivity contribution in [1.29, 1.82) is 0 Å². The van der Waals surface area contributed by atoms with E-state index in [1.165, 1.54) is 0 Å². The molecule has 0 aromatic carbocycles. The predicted molar refractivity (Wildman–Crippen MR) is 70.1 cm³/mol. The van der Waals surface area contributed by atoms with Crippen molar-refractivity contribution >= 4 is 23.9 Å². The minimum Gasteiger partial charge on any atom is -0.503 e. The van der Waals surface area contributed by atoms with Crippen LogP contribution in [-0.4, -0.2) is 57.4 Å².